The minimum Gasteiger partial charge on any atom is -0.316 e. The van der Waals surface area contributed by atoms with E-state index in [1.807, 2.05) is 0 Å². The van der Waals surface area contributed by atoms with Crippen molar-refractivity contribution in [1.82, 2.24) is 10.4 Å². The fourth-order valence-corrected chi connectivity index (χ4v) is 2.69. The molecule has 0 aromatic carbocycles. The van der Waals surface area contributed by atoms with E-state index in [0.29, 0.717) is 0 Å². The van der Waals surface area contributed by atoms with Crippen molar-refractivity contribution in [3.63, 3.8) is 0 Å². The Kier molecular flexibility index (Phi) is 2.28. The van der Waals surface area contributed by atoms with Crippen LogP contribution in [0, 0.1) is 0 Å². The molecule has 0 saturated carbocycles. The lowest BCUT2D eigenvalue weighted by molar-refractivity contribution is 0.555. The minimum absolute atomic E-state index is 0.809. The number of hydrogen-bond acceptors (Lipinski definition) is 2. The quantitative estimate of drug-likeness (QED) is 0.518. The summed E-state index contributed by atoms with van der Waals surface area (Å²) in [6.07, 6.45) is 1.62. The number of rotatable bonds is 1. The highest BCUT2D eigenvalue weighted by Gasteiger charge is 2.21. The number of nitrogens with one attached hydrogen (secondary N) is 2. The van der Waals surface area contributed by atoms with Gasteiger partial charge in [0.15, 0.2) is 0 Å². The van der Waals surface area contributed by atoms with Crippen LogP contribution >= 0.6 is 7.29 Å². The molecule has 1 rings (SSSR count). The van der Waals surface area contributed by atoms with E-state index in [1.54, 1.807) is 7.05 Å². The van der Waals surface area contributed by atoms with Crippen molar-refractivity contribution in [2.24, 2.45) is 0 Å². The molecule has 4 heteroatoms. The third-order valence-electron chi connectivity index (χ3n) is 1.71. The van der Waals surface area contributed by atoms with E-state index in [2.05, 4.69) is 10.4 Å². The first-order valence-electron chi connectivity index (χ1n) is 3.25. The molecule has 1 saturated heterocycles. The zero-order valence-electron chi connectivity index (χ0n) is 5.68. The van der Waals surface area contributed by atoms with E-state index in [4.69, 9.17) is 0 Å². The van der Waals surface area contributed by atoms with Crippen molar-refractivity contribution in [3.8, 4) is 0 Å². The maximum Gasteiger partial charge on any atom is 0.150 e. The molecule has 1 aliphatic heterocycles. The van der Waals surface area contributed by atoms with Crippen LogP contribution in [0.5, 0.6) is 0 Å². The van der Waals surface area contributed by atoms with E-state index >= 15 is 0 Å². The summed E-state index contributed by atoms with van der Waals surface area (Å²) in [5, 5.41) is 6.06. The highest BCUT2D eigenvalue weighted by atomic mass is 31.2. The summed E-state index contributed by atoms with van der Waals surface area (Å²) >= 11 is 0. The first-order chi connectivity index (χ1) is 4.27. The molecule has 0 bridgehead atoms. The predicted molar refractivity (Wildman–Crippen MR) is 39.3 cm³/mol. The zero-order valence-corrected chi connectivity index (χ0v) is 6.58. The second-order valence-corrected chi connectivity index (χ2v) is 5.43. The standard InChI is InChI=1S/C5H13N2OP/c1-6-9(8)4-2-7-3-5-9/h7H,2-5H2,1H3,(H,6,8). The molecule has 1 heterocycles. The lowest BCUT2D eigenvalue weighted by Gasteiger charge is -2.22. The zero-order chi connectivity index (χ0) is 6.74. The maximum atomic E-state index is 11.5. The van der Waals surface area contributed by atoms with Gasteiger partial charge in [0.25, 0.3) is 0 Å². The normalized spacial score (nSPS) is 25.9. The molecule has 2 N–H and O–H groups in total. The summed E-state index contributed by atoms with van der Waals surface area (Å²) in [5.74, 6) is 0. The van der Waals surface area contributed by atoms with Crippen molar-refractivity contribution in [2.45, 2.75) is 0 Å². The van der Waals surface area contributed by atoms with Crippen LogP contribution in [0.1, 0.15) is 0 Å². The minimum atomic E-state index is -1.91. The monoisotopic (exact) mass is 148 g/mol. The van der Waals surface area contributed by atoms with Crippen LogP contribution in [-0.2, 0) is 4.57 Å². The SMILES string of the molecule is CNP1(=O)CCNCC1. The predicted octanol–water partition coefficient (Wildman–Crippen LogP) is 0.0871. The Bertz CT molecular complexity index is 127. The molecule has 0 aromatic rings. The van der Waals surface area contributed by atoms with Gasteiger partial charge in [-0.15, -0.1) is 0 Å². The molecule has 0 amide bonds. The van der Waals surface area contributed by atoms with Gasteiger partial charge in [0.1, 0.15) is 7.29 Å². The van der Waals surface area contributed by atoms with Crippen LogP contribution in [0.2, 0.25) is 0 Å². The summed E-state index contributed by atoms with van der Waals surface area (Å²) in [7, 11) is -0.123. The lowest BCUT2D eigenvalue weighted by Crippen LogP contribution is -2.32. The van der Waals surface area contributed by atoms with E-state index in [1.165, 1.54) is 0 Å². The highest BCUT2D eigenvalue weighted by molar-refractivity contribution is 7.62. The molecule has 9 heavy (non-hydrogen) atoms. The molecule has 0 spiro atoms. The fraction of sp³-hybridized carbons (Fsp3) is 1.00. The molecule has 0 aromatic heterocycles. The molecule has 0 atom stereocenters. The number of hydrogen-bond donors (Lipinski definition) is 2. The summed E-state index contributed by atoms with van der Waals surface area (Å²) in [6, 6.07) is 0. The Hall–Kier alpha value is 0.150. The van der Waals surface area contributed by atoms with Crippen molar-refractivity contribution in [1.29, 1.82) is 0 Å². The van der Waals surface area contributed by atoms with Crippen LogP contribution < -0.4 is 10.4 Å². The van der Waals surface area contributed by atoms with Crippen LogP contribution in [0.4, 0.5) is 0 Å². The third kappa shape index (κ3) is 1.78. The average Bonchev–Trinajstić information content (AvgIpc) is 1.90. The van der Waals surface area contributed by atoms with Gasteiger partial charge in [0.05, 0.1) is 0 Å². The van der Waals surface area contributed by atoms with Gasteiger partial charge in [-0.05, 0) is 7.05 Å². The molecule has 1 aliphatic rings. The first-order valence-corrected chi connectivity index (χ1v) is 5.32. The summed E-state index contributed by atoms with van der Waals surface area (Å²) < 4.78 is 11.5. The van der Waals surface area contributed by atoms with Crippen molar-refractivity contribution in [3.05, 3.63) is 0 Å². The van der Waals surface area contributed by atoms with E-state index < -0.39 is 7.29 Å². The molecule has 1 fully saturated rings. The summed E-state index contributed by atoms with van der Waals surface area (Å²) in [4.78, 5) is 0. The van der Waals surface area contributed by atoms with Gasteiger partial charge in [-0.3, -0.25) is 5.09 Å². The lowest BCUT2D eigenvalue weighted by atomic mass is 10.6. The Balaban J connectivity index is 2.47. The van der Waals surface area contributed by atoms with Gasteiger partial charge in [0.2, 0.25) is 0 Å². The summed E-state index contributed by atoms with van der Waals surface area (Å²) in [5.41, 5.74) is 0. The summed E-state index contributed by atoms with van der Waals surface area (Å²) in [6.45, 7) is 1.80. The van der Waals surface area contributed by atoms with E-state index in [-0.39, 0.29) is 0 Å². The molecule has 3 nitrogen and oxygen atoms in total. The van der Waals surface area contributed by atoms with Gasteiger partial charge in [0, 0.05) is 25.4 Å². The Morgan fingerprint density at radius 3 is 2.33 bits per heavy atom. The van der Waals surface area contributed by atoms with E-state index in [0.717, 1.165) is 25.4 Å². The first kappa shape index (κ1) is 7.26. The Labute approximate surface area is 55.6 Å². The molecule has 0 aliphatic carbocycles. The highest BCUT2D eigenvalue weighted by Crippen LogP contribution is 2.39. The van der Waals surface area contributed by atoms with Crippen molar-refractivity contribution < 1.29 is 4.57 Å². The topological polar surface area (TPSA) is 41.1 Å². The fourth-order valence-electron chi connectivity index (χ4n) is 0.980. The molecular formula is C5H13N2OP. The van der Waals surface area contributed by atoms with E-state index in [9.17, 15) is 4.57 Å². The maximum absolute atomic E-state index is 11.5. The van der Waals surface area contributed by atoms with Gasteiger partial charge >= 0.3 is 0 Å². The largest absolute Gasteiger partial charge is 0.316 e. The molecule has 0 radical (unpaired) electrons. The second-order valence-electron chi connectivity index (χ2n) is 2.31. The van der Waals surface area contributed by atoms with Crippen LogP contribution in [-0.4, -0.2) is 32.5 Å². The second kappa shape index (κ2) is 2.82. The molecular weight excluding hydrogens is 135 g/mol. The van der Waals surface area contributed by atoms with Gasteiger partial charge < -0.3 is 9.88 Å². The third-order valence-corrected chi connectivity index (χ3v) is 4.41. The molecule has 0 unspecified atom stereocenters. The average molecular weight is 148 g/mol. The molecule has 54 valence electrons. The van der Waals surface area contributed by atoms with Gasteiger partial charge in [-0.2, -0.15) is 0 Å². The smallest absolute Gasteiger partial charge is 0.150 e. The Morgan fingerprint density at radius 1 is 1.44 bits per heavy atom. The van der Waals surface area contributed by atoms with Crippen molar-refractivity contribution in [2.75, 3.05) is 32.5 Å². The Morgan fingerprint density at radius 2 is 2.00 bits per heavy atom. The van der Waals surface area contributed by atoms with Crippen LogP contribution in [0.25, 0.3) is 0 Å². The van der Waals surface area contributed by atoms with Crippen LogP contribution in [0.3, 0.4) is 0 Å². The van der Waals surface area contributed by atoms with Gasteiger partial charge in [-0.25, -0.2) is 0 Å². The van der Waals surface area contributed by atoms with Gasteiger partial charge in [-0.1, -0.05) is 0 Å². The van der Waals surface area contributed by atoms with Crippen LogP contribution in [0.15, 0.2) is 0 Å². The van der Waals surface area contributed by atoms with Crippen molar-refractivity contribution >= 4 is 7.29 Å².